The van der Waals surface area contributed by atoms with Gasteiger partial charge in [-0.05, 0) is 57.8 Å². The van der Waals surface area contributed by atoms with Crippen LogP contribution in [0.3, 0.4) is 0 Å². The van der Waals surface area contributed by atoms with Gasteiger partial charge in [-0.25, -0.2) is 0 Å². The number of rotatable bonds is 0. The van der Waals surface area contributed by atoms with E-state index < -0.39 is 0 Å². The lowest BCUT2D eigenvalue weighted by molar-refractivity contribution is 0.965. The van der Waals surface area contributed by atoms with Crippen molar-refractivity contribution in [2.75, 3.05) is 0 Å². The molecule has 90 valence electrons. The van der Waals surface area contributed by atoms with E-state index in [0.717, 1.165) is 17.9 Å². The molecule has 0 spiro atoms. The summed E-state index contributed by atoms with van der Waals surface area (Å²) in [7, 11) is 0. The Balaban J connectivity index is 2.27. The predicted molar refractivity (Wildman–Crippen MR) is 81.3 cm³/mol. The lowest BCUT2D eigenvalue weighted by Crippen LogP contribution is -1.91. The molecule has 0 amide bonds. The van der Waals surface area contributed by atoms with Crippen molar-refractivity contribution in [2.45, 2.75) is 12.8 Å². The van der Waals surface area contributed by atoms with Gasteiger partial charge in [-0.2, -0.15) is 0 Å². The summed E-state index contributed by atoms with van der Waals surface area (Å²) >= 11 is 9.64. The number of hydrogen-bond donors (Lipinski definition) is 0. The van der Waals surface area contributed by atoms with Gasteiger partial charge in [0.15, 0.2) is 0 Å². The third-order valence-corrected chi connectivity index (χ3v) is 4.14. The van der Waals surface area contributed by atoms with Crippen LogP contribution in [0.4, 0.5) is 0 Å². The Morgan fingerprint density at radius 2 is 1.67 bits per heavy atom. The van der Waals surface area contributed by atoms with Crippen LogP contribution in [0.25, 0.3) is 5.57 Å². The topological polar surface area (TPSA) is 0 Å². The van der Waals surface area contributed by atoms with Crippen LogP contribution in [-0.4, -0.2) is 0 Å². The molecule has 0 heterocycles. The van der Waals surface area contributed by atoms with Gasteiger partial charge in [0, 0.05) is 5.02 Å². The average molecular weight is 320 g/mol. The van der Waals surface area contributed by atoms with Crippen molar-refractivity contribution in [3.63, 3.8) is 0 Å². The first kappa shape index (κ1) is 12.0. The van der Waals surface area contributed by atoms with E-state index in [9.17, 15) is 0 Å². The molecule has 18 heavy (non-hydrogen) atoms. The Bertz CT molecular complexity index is 629. The third-order valence-electron chi connectivity index (χ3n) is 3.44. The van der Waals surface area contributed by atoms with Gasteiger partial charge in [0.1, 0.15) is 0 Å². The fourth-order valence-corrected chi connectivity index (χ4v) is 3.22. The van der Waals surface area contributed by atoms with Crippen LogP contribution in [-0.2, 0) is 12.8 Å². The van der Waals surface area contributed by atoms with Crippen molar-refractivity contribution in [3.05, 3.63) is 74.7 Å². The Kier molecular flexibility index (Phi) is 3.27. The van der Waals surface area contributed by atoms with Crippen LogP contribution in [0.15, 0.2) is 47.4 Å². The van der Waals surface area contributed by atoms with E-state index in [2.05, 4.69) is 52.3 Å². The van der Waals surface area contributed by atoms with Gasteiger partial charge in [-0.15, -0.1) is 0 Å². The zero-order valence-electron chi connectivity index (χ0n) is 9.79. The van der Waals surface area contributed by atoms with Gasteiger partial charge in [0.25, 0.3) is 0 Å². The molecule has 1 aliphatic carbocycles. The second kappa shape index (κ2) is 4.91. The maximum Gasteiger partial charge on any atom is 0.0412 e. The molecule has 0 aromatic heterocycles. The summed E-state index contributed by atoms with van der Waals surface area (Å²) in [5, 5.41) is 0.792. The van der Waals surface area contributed by atoms with Crippen LogP contribution in [0, 0.1) is 0 Å². The summed E-state index contributed by atoms with van der Waals surface area (Å²) in [6.07, 6.45) is 2.14. The number of aryl methyl sites for hydroxylation is 2. The van der Waals surface area contributed by atoms with Crippen LogP contribution in [0.5, 0.6) is 0 Å². The first-order valence-electron chi connectivity index (χ1n) is 5.97. The van der Waals surface area contributed by atoms with Gasteiger partial charge in [0.05, 0.1) is 0 Å². The first-order chi connectivity index (χ1) is 8.79. The Morgan fingerprint density at radius 1 is 0.944 bits per heavy atom. The Morgan fingerprint density at radius 3 is 2.44 bits per heavy atom. The maximum atomic E-state index is 6.14. The molecular weight excluding hydrogens is 308 g/mol. The number of fused-ring (bicyclic) bond motifs is 2. The molecule has 0 saturated carbocycles. The van der Waals surface area contributed by atoms with E-state index in [1.807, 2.05) is 11.1 Å². The zero-order valence-corrected chi connectivity index (χ0v) is 12.1. The lowest BCUT2D eigenvalue weighted by Gasteiger charge is -2.10. The van der Waals surface area contributed by atoms with Crippen LogP contribution in [0.1, 0.15) is 22.3 Å². The highest BCUT2D eigenvalue weighted by Gasteiger charge is 2.17. The van der Waals surface area contributed by atoms with Gasteiger partial charge in [-0.1, -0.05) is 57.9 Å². The van der Waals surface area contributed by atoms with E-state index in [-0.39, 0.29) is 0 Å². The Labute approximate surface area is 120 Å². The molecule has 0 fully saturated rings. The minimum atomic E-state index is 0.792. The van der Waals surface area contributed by atoms with E-state index in [1.54, 1.807) is 0 Å². The lowest BCUT2D eigenvalue weighted by atomic mass is 9.96. The summed E-state index contributed by atoms with van der Waals surface area (Å²) < 4.78 is 0. The van der Waals surface area contributed by atoms with Gasteiger partial charge >= 0.3 is 0 Å². The number of benzene rings is 2. The van der Waals surface area contributed by atoms with E-state index in [0.29, 0.717) is 0 Å². The molecule has 1 aliphatic rings. The van der Waals surface area contributed by atoms with Crippen LogP contribution < -0.4 is 0 Å². The molecule has 2 aromatic rings. The molecule has 0 N–H and O–H groups in total. The van der Waals surface area contributed by atoms with Crippen LogP contribution in [0.2, 0.25) is 5.02 Å². The maximum absolute atomic E-state index is 6.14. The molecule has 0 aliphatic heterocycles. The van der Waals surface area contributed by atoms with Crippen molar-refractivity contribution >= 4 is 33.1 Å². The first-order valence-corrected chi connectivity index (χ1v) is 7.26. The summed E-state index contributed by atoms with van der Waals surface area (Å²) in [5.41, 5.74) is 6.53. The van der Waals surface area contributed by atoms with Crippen molar-refractivity contribution in [1.82, 2.24) is 0 Å². The highest BCUT2D eigenvalue weighted by atomic mass is 79.9. The fraction of sp³-hybridized carbons (Fsp3) is 0.125. The molecular formula is C16H12BrCl. The minimum Gasteiger partial charge on any atom is -0.0843 e. The minimum absolute atomic E-state index is 0.792. The second-order valence-electron chi connectivity index (χ2n) is 4.48. The summed E-state index contributed by atoms with van der Waals surface area (Å²) in [6.45, 7) is 0. The summed E-state index contributed by atoms with van der Waals surface area (Å²) in [5.74, 6) is 0. The van der Waals surface area contributed by atoms with Crippen molar-refractivity contribution in [2.24, 2.45) is 0 Å². The molecule has 0 bridgehead atoms. The highest BCUT2D eigenvalue weighted by Crippen LogP contribution is 2.35. The molecule has 2 heteroatoms. The third kappa shape index (κ3) is 2.02. The summed E-state index contributed by atoms with van der Waals surface area (Å²) in [4.78, 5) is 2.01. The molecule has 3 rings (SSSR count). The molecule has 0 saturated heterocycles. The number of hydrogen-bond acceptors (Lipinski definition) is 0. The largest absolute Gasteiger partial charge is 0.0843 e. The van der Waals surface area contributed by atoms with Gasteiger partial charge in [0.2, 0.25) is 0 Å². The fourth-order valence-electron chi connectivity index (χ4n) is 2.55. The van der Waals surface area contributed by atoms with Gasteiger partial charge in [-0.3, -0.25) is 0 Å². The standard InChI is InChI=1S/C16H12BrCl/c17-10-16-14-4-2-1-3-11(14)5-6-12-7-8-13(18)9-15(12)16/h1-4,7-10H,5-6H2/b16-10+. The molecule has 0 nitrogen and oxygen atoms in total. The smallest absolute Gasteiger partial charge is 0.0412 e. The zero-order chi connectivity index (χ0) is 12.5. The number of halogens is 2. The van der Waals surface area contributed by atoms with Crippen LogP contribution >= 0.6 is 27.5 Å². The quantitative estimate of drug-likeness (QED) is 0.624. The molecule has 0 unspecified atom stereocenters. The second-order valence-corrected chi connectivity index (χ2v) is 5.38. The van der Waals surface area contributed by atoms with Gasteiger partial charge < -0.3 is 0 Å². The van der Waals surface area contributed by atoms with E-state index in [4.69, 9.17) is 11.6 Å². The molecule has 2 aromatic carbocycles. The highest BCUT2D eigenvalue weighted by molar-refractivity contribution is 9.11. The van der Waals surface area contributed by atoms with E-state index >= 15 is 0 Å². The summed E-state index contributed by atoms with van der Waals surface area (Å²) in [6, 6.07) is 14.8. The van der Waals surface area contributed by atoms with Crippen molar-refractivity contribution in [1.29, 1.82) is 0 Å². The monoisotopic (exact) mass is 318 g/mol. The van der Waals surface area contributed by atoms with E-state index in [1.165, 1.54) is 27.8 Å². The molecule has 0 atom stereocenters. The van der Waals surface area contributed by atoms with Crippen molar-refractivity contribution < 1.29 is 0 Å². The normalized spacial score (nSPS) is 16.0. The average Bonchev–Trinajstić information content (AvgIpc) is 2.54. The SMILES string of the molecule is Clc1ccc2c(c1)/C(=C/Br)c1ccccc1CC2. The van der Waals surface area contributed by atoms with Crippen molar-refractivity contribution in [3.8, 4) is 0 Å². The Hall–Kier alpha value is -1.05. The predicted octanol–water partition coefficient (Wildman–Crippen LogP) is 5.22. The molecule has 0 radical (unpaired) electrons.